The van der Waals surface area contributed by atoms with E-state index in [4.69, 9.17) is 0 Å². The van der Waals surface area contributed by atoms with E-state index in [2.05, 4.69) is 16.0 Å². The maximum absolute atomic E-state index is 13.0. The van der Waals surface area contributed by atoms with Gasteiger partial charge in [0.2, 0.25) is 23.6 Å². The summed E-state index contributed by atoms with van der Waals surface area (Å²) in [4.78, 5) is 47.3. The van der Waals surface area contributed by atoms with Gasteiger partial charge in [0.15, 0.2) is 0 Å². The zero-order valence-electron chi connectivity index (χ0n) is 15.4. The largest absolute Gasteiger partial charge is 0.395 e. The number of carbonyl (C=O) groups excluding carboxylic acids is 4. The van der Waals surface area contributed by atoms with Gasteiger partial charge in [-0.25, -0.2) is 0 Å². The molecule has 3 atom stereocenters. The molecule has 28 heavy (non-hydrogen) atoms. The Morgan fingerprint density at radius 2 is 1.64 bits per heavy atom. The fourth-order valence-electron chi connectivity index (χ4n) is 4.00. The summed E-state index contributed by atoms with van der Waals surface area (Å²) in [7, 11) is 0. The molecular weight excluding hydrogens is 379 g/mol. The summed E-state index contributed by atoms with van der Waals surface area (Å²) in [5.41, 5.74) is -1.89. The Morgan fingerprint density at radius 1 is 1.04 bits per heavy atom. The minimum atomic E-state index is -4.38. The van der Waals surface area contributed by atoms with E-state index in [1.165, 1.54) is 0 Å². The van der Waals surface area contributed by atoms with Crippen molar-refractivity contribution in [2.45, 2.75) is 76.0 Å². The molecule has 7 nitrogen and oxygen atoms in total. The second-order valence-corrected chi connectivity index (χ2v) is 8.09. The van der Waals surface area contributed by atoms with E-state index in [-0.39, 0.29) is 43.5 Å². The topological polar surface area (TPSA) is 104 Å². The van der Waals surface area contributed by atoms with Crippen LogP contribution in [0.4, 0.5) is 13.2 Å². The number of carbonyl (C=O) groups is 4. The van der Waals surface area contributed by atoms with Crippen LogP contribution in [-0.4, -0.2) is 41.9 Å². The molecule has 0 bridgehead atoms. The molecule has 10 heteroatoms. The Labute approximate surface area is 160 Å². The molecule has 2 saturated carbocycles. The Hall–Kier alpha value is -2.13. The van der Waals surface area contributed by atoms with E-state index < -0.39 is 41.8 Å². The van der Waals surface area contributed by atoms with Gasteiger partial charge in [-0.3, -0.25) is 24.5 Å². The minimum Gasteiger partial charge on any atom is -0.351 e. The number of imide groups is 1. The average molecular weight is 403 g/mol. The Balaban J connectivity index is 1.48. The first-order valence-corrected chi connectivity index (χ1v) is 9.59. The predicted molar refractivity (Wildman–Crippen MR) is 90.5 cm³/mol. The molecule has 2 aliphatic carbocycles. The smallest absolute Gasteiger partial charge is 0.351 e. The van der Waals surface area contributed by atoms with Crippen molar-refractivity contribution < 1.29 is 32.3 Å². The number of hydrogen-bond acceptors (Lipinski definition) is 4. The number of rotatable bonds is 6. The van der Waals surface area contributed by atoms with Crippen LogP contribution in [0, 0.1) is 11.3 Å². The molecule has 3 fully saturated rings. The lowest BCUT2D eigenvalue weighted by Gasteiger charge is -2.25. The molecule has 4 amide bonds. The number of halogens is 3. The molecule has 1 aliphatic heterocycles. The summed E-state index contributed by atoms with van der Waals surface area (Å²) >= 11 is 0. The van der Waals surface area contributed by atoms with Crippen molar-refractivity contribution in [1.29, 1.82) is 0 Å². The monoisotopic (exact) mass is 403 g/mol. The summed E-state index contributed by atoms with van der Waals surface area (Å²) in [5, 5.41) is 7.62. The van der Waals surface area contributed by atoms with Crippen molar-refractivity contribution in [2.75, 3.05) is 0 Å². The van der Waals surface area contributed by atoms with Crippen LogP contribution in [0.5, 0.6) is 0 Å². The molecule has 0 aromatic rings. The number of alkyl halides is 3. The van der Waals surface area contributed by atoms with Crippen LogP contribution in [-0.2, 0) is 19.2 Å². The molecule has 0 aromatic carbocycles. The van der Waals surface area contributed by atoms with E-state index in [1.54, 1.807) is 0 Å². The van der Waals surface area contributed by atoms with Gasteiger partial charge >= 0.3 is 6.18 Å². The predicted octanol–water partition coefficient (Wildman–Crippen LogP) is 1.32. The highest BCUT2D eigenvalue weighted by atomic mass is 19.4. The molecule has 1 heterocycles. The second kappa shape index (κ2) is 7.71. The SMILES string of the molecule is O=C1CCC(CC(=O)N[C@@H]2CCC[C@@H]2NC(=O)CC2(C(F)(F)F)CC2)C(=O)N1. The van der Waals surface area contributed by atoms with E-state index in [9.17, 15) is 32.3 Å². The van der Waals surface area contributed by atoms with Crippen molar-refractivity contribution >= 4 is 23.6 Å². The van der Waals surface area contributed by atoms with Crippen LogP contribution in [0.1, 0.15) is 57.8 Å². The maximum Gasteiger partial charge on any atom is 0.395 e. The summed E-state index contributed by atoms with van der Waals surface area (Å²) in [6.45, 7) is 0. The lowest BCUT2D eigenvalue weighted by Crippen LogP contribution is -2.50. The fourth-order valence-corrected chi connectivity index (χ4v) is 4.00. The van der Waals surface area contributed by atoms with Crippen molar-refractivity contribution in [3.63, 3.8) is 0 Å². The number of hydrogen-bond donors (Lipinski definition) is 3. The first-order valence-electron chi connectivity index (χ1n) is 9.59. The molecule has 3 rings (SSSR count). The van der Waals surface area contributed by atoms with E-state index >= 15 is 0 Å². The average Bonchev–Trinajstić information content (AvgIpc) is 3.25. The summed E-state index contributed by atoms with van der Waals surface area (Å²) in [5.74, 6) is -2.41. The fraction of sp³-hybridized carbons (Fsp3) is 0.778. The van der Waals surface area contributed by atoms with E-state index in [0.717, 1.165) is 6.42 Å². The molecule has 1 saturated heterocycles. The third-order valence-electron chi connectivity index (χ3n) is 5.95. The highest BCUT2D eigenvalue weighted by Crippen LogP contribution is 2.59. The summed E-state index contributed by atoms with van der Waals surface area (Å²) < 4.78 is 39.0. The zero-order chi connectivity index (χ0) is 20.5. The zero-order valence-corrected chi connectivity index (χ0v) is 15.4. The quantitative estimate of drug-likeness (QED) is 0.582. The first kappa shape index (κ1) is 20.6. The second-order valence-electron chi connectivity index (χ2n) is 8.09. The number of amides is 4. The third kappa shape index (κ3) is 4.64. The number of nitrogens with one attached hydrogen (secondary N) is 3. The Bertz CT molecular complexity index is 675. The Morgan fingerprint density at radius 3 is 2.18 bits per heavy atom. The van der Waals surface area contributed by atoms with Crippen molar-refractivity contribution in [2.24, 2.45) is 11.3 Å². The third-order valence-corrected chi connectivity index (χ3v) is 5.95. The van der Waals surface area contributed by atoms with E-state index in [0.29, 0.717) is 19.3 Å². The van der Waals surface area contributed by atoms with Crippen LogP contribution in [0.25, 0.3) is 0 Å². The molecule has 0 radical (unpaired) electrons. The van der Waals surface area contributed by atoms with Crippen LogP contribution in [0.3, 0.4) is 0 Å². The highest BCUT2D eigenvalue weighted by molar-refractivity contribution is 6.00. The van der Waals surface area contributed by atoms with Gasteiger partial charge in [-0.2, -0.15) is 13.2 Å². The molecule has 3 aliphatic rings. The minimum absolute atomic E-state index is 0.0271. The van der Waals surface area contributed by atoms with Gasteiger partial charge in [-0.1, -0.05) is 0 Å². The van der Waals surface area contributed by atoms with Crippen LogP contribution < -0.4 is 16.0 Å². The van der Waals surface area contributed by atoms with Crippen LogP contribution >= 0.6 is 0 Å². The van der Waals surface area contributed by atoms with Gasteiger partial charge in [0, 0.05) is 37.3 Å². The van der Waals surface area contributed by atoms with Gasteiger partial charge in [0.05, 0.1) is 5.41 Å². The lowest BCUT2D eigenvalue weighted by atomic mass is 9.94. The maximum atomic E-state index is 13.0. The molecule has 3 N–H and O–H groups in total. The first-order chi connectivity index (χ1) is 13.1. The van der Waals surface area contributed by atoms with E-state index in [1.807, 2.05) is 0 Å². The molecule has 1 unspecified atom stereocenters. The normalized spacial score (nSPS) is 29.2. The van der Waals surface area contributed by atoms with Gasteiger partial charge in [-0.15, -0.1) is 0 Å². The van der Waals surface area contributed by atoms with Crippen molar-refractivity contribution in [3.05, 3.63) is 0 Å². The van der Waals surface area contributed by atoms with Gasteiger partial charge in [-0.05, 0) is 38.5 Å². The van der Waals surface area contributed by atoms with Gasteiger partial charge < -0.3 is 10.6 Å². The van der Waals surface area contributed by atoms with Crippen molar-refractivity contribution in [1.82, 2.24) is 16.0 Å². The lowest BCUT2D eigenvalue weighted by molar-refractivity contribution is -0.190. The van der Waals surface area contributed by atoms with Crippen molar-refractivity contribution in [3.8, 4) is 0 Å². The molecule has 0 aromatic heterocycles. The molecular formula is C18H24F3N3O4. The number of piperidine rings is 1. The molecule has 156 valence electrons. The van der Waals surface area contributed by atoms with Gasteiger partial charge in [0.1, 0.15) is 0 Å². The van der Waals surface area contributed by atoms with Gasteiger partial charge in [0.25, 0.3) is 0 Å². The standard InChI is InChI=1S/C18H24F3N3O4/c19-18(20,21)17(6-7-17)9-15(27)23-12-3-1-2-11(12)22-14(26)8-10-4-5-13(25)24-16(10)28/h10-12H,1-9H2,(H,22,26)(H,23,27)(H,24,25,28)/t10?,11-,12+/m1/s1. The van der Waals surface area contributed by atoms with Crippen LogP contribution in [0.2, 0.25) is 0 Å². The highest BCUT2D eigenvalue weighted by Gasteiger charge is 2.63. The summed E-state index contributed by atoms with van der Waals surface area (Å²) in [6.07, 6.45) is -2.66. The molecule has 0 spiro atoms. The summed E-state index contributed by atoms with van der Waals surface area (Å²) in [6, 6.07) is -0.784. The van der Waals surface area contributed by atoms with Crippen LogP contribution in [0.15, 0.2) is 0 Å². The Kier molecular flexibility index (Phi) is 5.67.